The van der Waals surface area contributed by atoms with Gasteiger partial charge in [0.15, 0.2) is 0 Å². The van der Waals surface area contributed by atoms with Crippen molar-refractivity contribution in [2.24, 2.45) is 5.73 Å². The second kappa shape index (κ2) is 12.8. The summed E-state index contributed by atoms with van der Waals surface area (Å²) in [6.45, 7) is 2.26. The number of nitrogens with one attached hydrogen (secondary N) is 1. The van der Waals surface area contributed by atoms with Gasteiger partial charge in [0.25, 0.3) is 11.5 Å². The molecule has 3 aromatic rings. The highest BCUT2D eigenvalue weighted by Crippen LogP contribution is 2.41. The topological polar surface area (TPSA) is 75.3 Å². The summed E-state index contributed by atoms with van der Waals surface area (Å²) in [6, 6.07) is 14.6. The molecule has 12 heteroatoms. The molecule has 3 rings (SSSR count). The van der Waals surface area contributed by atoms with Crippen LogP contribution in [0.2, 0.25) is 0 Å². The van der Waals surface area contributed by atoms with E-state index in [-0.39, 0.29) is 6.07 Å². The van der Waals surface area contributed by atoms with Crippen molar-refractivity contribution in [1.82, 2.24) is 5.32 Å². The Morgan fingerprint density at radius 3 is 1.95 bits per heavy atom. The van der Waals surface area contributed by atoms with Crippen LogP contribution in [0.4, 0.5) is 35.1 Å². The number of aliphatic hydroxyl groups is 1. The molecule has 0 bridgehead atoms. The zero-order valence-electron chi connectivity index (χ0n) is 22.3. The quantitative estimate of drug-likeness (QED) is 0.175. The number of carbonyl (C=O) groups is 1. The first-order valence-corrected chi connectivity index (χ1v) is 12.6. The maximum atomic E-state index is 14.7. The van der Waals surface area contributed by atoms with Crippen molar-refractivity contribution in [3.05, 3.63) is 143 Å². The van der Waals surface area contributed by atoms with Gasteiger partial charge in [0.05, 0.1) is 11.0 Å². The van der Waals surface area contributed by atoms with Crippen LogP contribution in [0.15, 0.2) is 115 Å². The van der Waals surface area contributed by atoms with Crippen LogP contribution in [0.1, 0.15) is 22.3 Å². The summed E-state index contributed by atoms with van der Waals surface area (Å²) >= 11 is 0. The van der Waals surface area contributed by atoms with Gasteiger partial charge in [0, 0.05) is 17.8 Å². The molecule has 1 unspecified atom stereocenters. The van der Waals surface area contributed by atoms with Crippen molar-refractivity contribution in [3.63, 3.8) is 0 Å². The monoisotopic (exact) mass is 610 g/mol. The molecule has 4 N–H and O–H groups in total. The van der Waals surface area contributed by atoms with E-state index in [1.807, 2.05) is 5.32 Å². The minimum absolute atomic E-state index is 0.213. The Balaban J connectivity index is 2.28. The molecule has 228 valence electrons. The van der Waals surface area contributed by atoms with Gasteiger partial charge in [0.1, 0.15) is 11.6 Å². The normalized spacial score (nSPS) is 15.7. The maximum Gasteiger partial charge on any atom is 0.430 e. The minimum atomic E-state index is -5.54. The predicted octanol–water partition coefficient (Wildman–Crippen LogP) is 6.77. The first kappa shape index (κ1) is 33.1. The Morgan fingerprint density at radius 1 is 0.860 bits per heavy atom. The van der Waals surface area contributed by atoms with Crippen molar-refractivity contribution in [1.29, 1.82) is 0 Å². The summed E-state index contributed by atoms with van der Waals surface area (Å²) < 4.78 is 113. The fraction of sp³-hybridized carbons (Fsp3) is 0.194. The van der Waals surface area contributed by atoms with E-state index in [1.54, 1.807) is 18.2 Å². The fourth-order valence-electron chi connectivity index (χ4n) is 4.47. The molecule has 0 aliphatic carbocycles. The molecule has 2 atom stereocenters. The Bertz CT molecular complexity index is 1500. The van der Waals surface area contributed by atoms with Gasteiger partial charge in [-0.3, -0.25) is 4.79 Å². The summed E-state index contributed by atoms with van der Waals surface area (Å²) in [5, 5.41) is 12.7. The third kappa shape index (κ3) is 7.31. The average Bonchev–Trinajstić information content (AvgIpc) is 2.96. The zero-order valence-corrected chi connectivity index (χ0v) is 22.3. The van der Waals surface area contributed by atoms with E-state index in [1.165, 1.54) is 18.2 Å². The van der Waals surface area contributed by atoms with Crippen LogP contribution in [0.25, 0.3) is 0 Å². The highest BCUT2D eigenvalue weighted by atomic mass is 19.4. The third-order valence-electron chi connectivity index (χ3n) is 6.78. The van der Waals surface area contributed by atoms with Crippen LogP contribution in [0.3, 0.4) is 0 Å². The van der Waals surface area contributed by atoms with E-state index in [2.05, 4.69) is 6.58 Å². The first-order valence-electron chi connectivity index (χ1n) is 12.6. The largest absolute Gasteiger partial charge is 0.430 e. The van der Waals surface area contributed by atoms with Crippen LogP contribution in [-0.2, 0) is 28.4 Å². The number of allylic oxidation sites excluding steroid dienone is 4. The summed E-state index contributed by atoms with van der Waals surface area (Å²) in [6.07, 6.45) is -8.47. The lowest BCUT2D eigenvalue weighted by atomic mass is 9.72. The Labute approximate surface area is 241 Å². The van der Waals surface area contributed by atoms with Gasteiger partial charge in [-0.1, -0.05) is 67.2 Å². The van der Waals surface area contributed by atoms with Crippen LogP contribution in [0.5, 0.6) is 0 Å². The molecule has 0 radical (unpaired) electrons. The molecule has 0 aliphatic rings. The van der Waals surface area contributed by atoms with Crippen molar-refractivity contribution < 1.29 is 45.0 Å². The van der Waals surface area contributed by atoms with E-state index in [4.69, 9.17) is 5.73 Å². The zero-order chi connectivity index (χ0) is 32.1. The third-order valence-corrected chi connectivity index (χ3v) is 6.78. The molecule has 0 fully saturated rings. The maximum absolute atomic E-state index is 14.7. The molecule has 0 saturated carbocycles. The van der Waals surface area contributed by atoms with Crippen LogP contribution < -0.4 is 11.1 Å². The standard InChI is InChI=1S/C31H26F8N2O2/c1-2-24(32)13-14-26(40)28(18-20-9-5-3-6-10-20,22-15-23(30(34,35)36)17-25(33)16-22)19-41-27(42)29(43,31(37,38)39)21-11-7-4-8-12-21/h2-17,43H,1,18-19,40H2,(H,41,42)/b24-13+,26-14-/t28-,29?/m0/s1. The number of carbonyl (C=O) groups excluding carboxylic acids is 1. The second-order valence-electron chi connectivity index (χ2n) is 9.61. The number of halogens is 8. The van der Waals surface area contributed by atoms with Crippen molar-refractivity contribution in [3.8, 4) is 0 Å². The first-order chi connectivity index (χ1) is 20.0. The highest BCUT2D eigenvalue weighted by molar-refractivity contribution is 5.87. The molecule has 4 nitrogen and oxygen atoms in total. The Hall–Kier alpha value is -4.45. The van der Waals surface area contributed by atoms with Crippen LogP contribution >= 0.6 is 0 Å². The lowest BCUT2D eigenvalue weighted by Gasteiger charge is -2.38. The molecule has 3 aromatic carbocycles. The Morgan fingerprint density at radius 2 is 1.42 bits per heavy atom. The molecular formula is C31H26F8N2O2. The van der Waals surface area contributed by atoms with Gasteiger partial charge in [-0.25, -0.2) is 8.78 Å². The molecular weight excluding hydrogens is 584 g/mol. The lowest BCUT2D eigenvalue weighted by molar-refractivity contribution is -0.257. The number of hydrogen-bond acceptors (Lipinski definition) is 3. The average molecular weight is 611 g/mol. The number of hydrogen-bond donors (Lipinski definition) is 3. The van der Waals surface area contributed by atoms with Crippen LogP contribution in [-0.4, -0.2) is 23.7 Å². The SMILES string of the molecule is C=C/C(F)=C\C=C(/N)[C@](CNC(=O)C(O)(c1ccccc1)C(F)(F)F)(Cc1ccccc1)c1cc(F)cc(C(F)(F)F)c1. The van der Waals surface area contributed by atoms with Gasteiger partial charge in [-0.15, -0.1) is 0 Å². The number of nitrogens with two attached hydrogens (primary N) is 1. The van der Waals surface area contributed by atoms with Gasteiger partial charge in [-0.2, -0.15) is 26.3 Å². The van der Waals surface area contributed by atoms with Gasteiger partial charge >= 0.3 is 12.4 Å². The van der Waals surface area contributed by atoms with Gasteiger partial charge in [-0.05, 0) is 54.0 Å². The number of rotatable bonds is 10. The highest BCUT2D eigenvalue weighted by Gasteiger charge is 2.61. The predicted molar refractivity (Wildman–Crippen MR) is 144 cm³/mol. The molecule has 0 aliphatic heterocycles. The number of amides is 1. The minimum Gasteiger partial charge on any atom is -0.401 e. The number of benzene rings is 3. The fourth-order valence-corrected chi connectivity index (χ4v) is 4.47. The molecule has 0 aromatic heterocycles. The van der Waals surface area contributed by atoms with E-state index in [0.29, 0.717) is 17.7 Å². The summed E-state index contributed by atoms with van der Waals surface area (Å²) in [5.74, 6) is -4.26. The molecule has 43 heavy (non-hydrogen) atoms. The van der Waals surface area contributed by atoms with Crippen molar-refractivity contribution in [2.75, 3.05) is 6.54 Å². The van der Waals surface area contributed by atoms with Crippen LogP contribution in [0, 0.1) is 5.82 Å². The van der Waals surface area contributed by atoms with E-state index >= 15 is 0 Å². The smallest absolute Gasteiger partial charge is 0.401 e. The van der Waals surface area contributed by atoms with Crippen molar-refractivity contribution >= 4 is 5.91 Å². The molecule has 0 heterocycles. The molecule has 1 amide bonds. The van der Waals surface area contributed by atoms with E-state index < -0.39 is 76.3 Å². The molecule has 0 saturated heterocycles. The summed E-state index contributed by atoms with van der Waals surface area (Å²) in [5.41, 5.74) is -2.70. The van der Waals surface area contributed by atoms with E-state index in [0.717, 1.165) is 42.5 Å². The second-order valence-corrected chi connectivity index (χ2v) is 9.61. The summed E-state index contributed by atoms with van der Waals surface area (Å²) in [7, 11) is 0. The van der Waals surface area contributed by atoms with Gasteiger partial charge in [0.2, 0.25) is 0 Å². The number of alkyl halides is 6. The summed E-state index contributed by atoms with van der Waals surface area (Å²) in [4.78, 5) is 13.2. The lowest BCUT2D eigenvalue weighted by Crippen LogP contribution is -2.57. The Kier molecular flexibility index (Phi) is 9.86. The van der Waals surface area contributed by atoms with Gasteiger partial charge < -0.3 is 16.2 Å². The van der Waals surface area contributed by atoms with E-state index in [9.17, 15) is 45.0 Å². The van der Waals surface area contributed by atoms with Crippen molar-refractivity contribution in [2.45, 2.75) is 29.8 Å². The molecule has 0 spiro atoms.